The number of rotatable bonds is 3. The third-order valence-electron chi connectivity index (χ3n) is 2.98. The van der Waals surface area contributed by atoms with E-state index in [0.717, 1.165) is 29.5 Å². The standard InChI is InChI=1S/C12H15BrFN/c13-11-4-2-1-3-9(11)7-12(14)10-5-6-15-8-10/h1-4,10,12,15H,5-8H2. The summed E-state index contributed by atoms with van der Waals surface area (Å²) in [4.78, 5) is 0. The Bertz CT molecular complexity index is 323. The molecule has 1 aliphatic rings. The van der Waals surface area contributed by atoms with Crippen molar-refractivity contribution in [2.45, 2.75) is 19.0 Å². The van der Waals surface area contributed by atoms with Crippen LogP contribution in [0.3, 0.4) is 0 Å². The molecular weight excluding hydrogens is 257 g/mol. The molecule has 0 saturated carbocycles. The lowest BCUT2D eigenvalue weighted by molar-refractivity contribution is 0.239. The zero-order valence-electron chi connectivity index (χ0n) is 8.55. The third-order valence-corrected chi connectivity index (χ3v) is 3.76. The molecule has 15 heavy (non-hydrogen) atoms. The van der Waals surface area contributed by atoms with Gasteiger partial charge in [-0.25, -0.2) is 4.39 Å². The van der Waals surface area contributed by atoms with Crippen LogP contribution in [0.15, 0.2) is 28.7 Å². The number of alkyl halides is 1. The molecule has 1 saturated heterocycles. The molecule has 1 aromatic carbocycles. The minimum absolute atomic E-state index is 0.192. The van der Waals surface area contributed by atoms with Gasteiger partial charge < -0.3 is 5.32 Å². The van der Waals surface area contributed by atoms with Crippen LogP contribution in [0.1, 0.15) is 12.0 Å². The molecule has 1 fully saturated rings. The smallest absolute Gasteiger partial charge is 0.108 e. The fourth-order valence-corrected chi connectivity index (χ4v) is 2.47. The first kappa shape index (κ1) is 11.1. The van der Waals surface area contributed by atoms with Gasteiger partial charge >= 0.3 is 0 Å². The van der Waals surface area contributed by atoms with Gasteiger partial charge in [0.15, 0.2) is 0 Å². The topological polar surface area (TPSA) is 12.0 Å². The molecule has 0 spiro atoms. The fraction of sp³-hybridized carbons (Fsp3) is 0.500. The van der Waals surface area contributed by atoms with Gasteiger partial charge in [0.2, 0.25) is 0 Å². The van der Waals surface area contributed by atoms with Crippen LogP contribution in [0.4, 0.5) is 4.39 Å². The van der Waals surface area contributed by atoms with Crippen molar-refractivity contribution in [3.8, 4) is 0 Å². The van der Waals surface area contributed by atoms with E-state index in [2.05, 4.69) is 21.2 Å². The van der Waals surface area contributed by atoms with Crippen molar-refractivity contribution in [1.29, 1.82) is 0 Å². The van der Waals surface area contributed by atoms with Crippen LogP contribution in [-0.4, -0.2) is 19.3 Å². The molecule has 0 amide bonds. The van der Waals surface area contributed by atoms with Crippen molar-refractivity contribution in [2.75, 3.05) is 13.1 Å². The Balaban J connectivity index is 1.99. The molecule has 0 aliphatic carbocycles. The summed E-state index contributed by atoms with van der Waals surface area (Å²) in [5.74, 6) is 0.192. The predicted molar refractivity (Wildman–Crippen MR) is 63.7 cm³/mol. The minimum Gasteiger partial charge on any atom is -0.316 e. The van der Waals surface area contributed by atoms with Crippen molar-refractivity contribution in [2.24, 2.45) is 5.92 Å². The van der Waals surface area contributed by atoms with Gasteiger partial charge in [0, 0.05) is 23.4 Å². The van der Waals surface area contributed by atoms with Gasteiger partial charge in [0.05, 0.1) is 0 Å². The molecule has 3 heteroatoms. The Morgan fingerprint density at radius 3 is 2.93 bits per heavy atom. The van der Waals surface area contributed by atoms with E-state index >= 15 is 0 Å². The van der Waals surface area contributed by atoms with E-state index in [9.17, 15) is 4.39 Å². The Morgan fingerprint density at radius 2 is 2.27 bits per heavy atom. The Hall–Kier alpha value is -0.410. The summed E-state index contributed by atoms with van der Waals surface area (Å²) in [6.45, 7) is 1.78. The van der Waals surface area contributed by atoms with Crippen LogP contribution in [0.2, 0.25) is 0 Å². The first-order chi connectivity index (χ1) is 7.27. The van der Waals surface area contributed by atoms with Gasteiger partial charge in [0.25, 0.3) is 0 Å². The largest absolute Gasteiger partial charge is 0.316 e. The van der Waals surface area contributed by atoms with Crippen molar-refractivity contribution in [3.05, 3.63) is 34.3 Å². The molecule has 1 nitrogen and oxygen atoms in total. The van der Waals surface area contributed by atoms with E-state index < -0.39 is 6.17 Å². The quantitative estimate of drug-likeness (QED) is 0.892. The zero-order valence-corrected chi connectivity index (χ0v) is 10.1. The maximum atomic E-state index is 13.9. The lowest BCUT2D eigenvalue weighted by Crippen LogP contribution is -2.21. The normalized spacial score (nSPS) is 22.9. The lowest BCUT2D eigenvalue weighted by atomic mass is 9.97. The number of halogens is 2. The van der Waals surface area contributed by atoms with Crippen LogP contribution in [-0.2, 0) is 6.42 Å². The lowest BCUT2D eigenvalue weighted by Gasteiger charge is -2.15. The van der Waals surface area contributed by atoms with Crippen molar-refractivity contribution >= 4 is 15.9 Å². The summed E-state index contributed by atoms with van der Waals surface area (Å²) in [6, 6.07) is 7.87. The second-order valence-corrected chi connectivity index (χ2v) is 4.92. The van der Waals surface area contributed by atoms with Crippen LogP contribution >= 0.6 is 15.9 Å². The summed E-state index contributed by atoms with van der Waals surface area (Å²) in [7, 11) is 0. The maximum Gasteiger partial charge on any atom is 0.108 e. The molecule has 82 valence electrons. The summed E-state index contributed by atoms with van der Waals surface area (Å²) in [5, 5.41) is 3.20. The first-order valence-corrected chi connectivity index (χ1v) is 6.15. The second kappa shape index (κ2) is 5.08. The molecule has 0 radical (unpaired) electrons. The molecule has 2 unspecified atom stereocenters. The molecule has 2 atom stereocenters. The van der Waals surface area contributed by atoms with Gasteiger partial charge in [-0.15, -0.1) is 0 Å². The summed E-state index contributed by atoms with van der Waals surface area (Å²) < 4.78 is 14.9. The molecule has 1 aliphatic heterocycles. The highest BCUT2D eigenvalue weighted by molar-refractivity contribution is 9.10. The van der Waals surface area contributed by atoms with E-state index in [-0.39, 0.29) is 5.92 Å². The van der Waals surface area contributed by atoms with Gasteiger partial charge in [-0.1, -0.05) is 34.1 Å². The van der Waals surface area contributed by atoms with Crippen molar-refractivity contribution in [3.63, 3.8) is 0 Å². The Morgan fingerprint density at radius 1 is 1.47 bits per heavy atom. The molecule has 1 aromatic rings. The van der Waals surface area contributed by atoms with Gasteiger partial charge in [-0.05, 0) is 24.6 Å². The molecule has 1 heterocycles. The van der Waals surface area contributed by atoms with Crippen LogP contribution in [0.25, 0.3) is 0 Å². The molecule has 0 bridgehead atoms. The number of hydrogen-bond acceptors (Lipinski definition) is 1. The number of benzene rings is 1. The molecule has 1 N–H and O–H groups in total. The van der Waals surface area contributed by atoms with Gasteiger partial charge in [-0.2, -0.15) is 0 Å². The highest BCUT2D eigenvalue weighted by Gasteiger charge is 2.24. The monoisotopic (exact) mass is 271 g/mol. The Labute approximate surface area is 98.2 Å². The van der Waals surface area contributed by atoms with Crippen molar-refractivity contribution in [1.82, 2.24) is 5.32 Å². The van der Waals surface area contributed by atoms with E-state index in [1.807, 2.05) is 24.3 Å². The molecule has 2 rings (SSSR count). The van der Waals surface area contributed by atoms with E-state index in [4.69, 9.17) is 0 Å². The van der Waals surface area contributed by atoms with Crippen LogP contribution in [0.5, 0.6) is 0 Å². The van der Waals surface area contributed by atoms with E-state index in [1.54, 1.807) is 0 Å². The summed E-state index contributed by atoms with van der Waals surface area (Å²) in [5.41, 5.74) is 1.07. The maximum absolute atomic E-state index is 13.9. The average molecular weight is 272 g/mol. The fourth-order valence-electron chi connectivity index (χ4n) is 2.03. The highest BCUT2D eigenvalue weighted by Crippen LogP contribution is 2.23. The highest BCUT2D eigenvalue weighted by atomic mass is 79.9. The molecule has 0 aromatic heterocycles. The predicted octanol–water partition coefficient (Wildman–Crippen LogP) is 2.94. The van der Waals surface area contributed by atoms with E-state index in [0.29, 0.717) is 6.42 Å². The minimum atomic E-state index is -0.723. The van der Waals surface area contributed by atoms with Crippen LogP contribution < -0.4 is 5.32 Å². The van der Waals surface area contributed by atoms with Crippen molar-refractivity contribution < 1.29 is 4.39 Å². The SMILES string of the molecule is FC(Cc1ccccc1Br)C1CCNC1. The van der Waals surface area contributed by atoms with Gasteiger partial charge in [0.1, 0.15) is 6.17 Å². The summed E-state index contributed by atoms with van der Waals surface area (Å²) in [6.07, 6.45) is 0.762. The third kappa shape index (κ3) is 2.79. The number of nitrogens with one attached hydrogen (secondary N) is 1. The zero-order chi connectivity index (χ0) is 10.7. The first-order valence-electron chi connectivity index (χ1n) is 5.35. The van der Waals surface area contributed by atoms with Gasteiger partial charge in [-0.3, -0.25) is 0 Å². The Kier molecular flexibility index (Phi) is 3.76. The molecular formula is C12H15BrFN. The summed E-state index contributed by atoms with van der Waals surface area (Å²) >= 11 is 3.45. The number of hydrogen-bond donors (Lipinski definition) is 1. The second-order valence-electron chi connectivity index (χ2n) is 4.06. The van der Waals surface area contributed by atoms with E-state index in [1.165, 1.54) is 0 Å². The van der Waals surface area contributed by atoms with Crippen LogP contribution in [0, 0.1) is 5.92 Å². The average Bonchev–Trinajstić information content (AvgIpc) is 2.74.